The molecule has 1 saturated carbocycles. The second kappa shape index (κ2) is 7.99. The van der Waals surface area contributed by atoms with Gasteiger partial charge < -0.3 is 19.1 Å². The van der Waals surface area contributed by atoms with Crippen molar-refractivity contribution >= 4 is 28.2 Å². The van der Waals surface area contributed by atoms with E-state index in [1.165, 1.54) is 5.56 Å². The predicted octanol–water partition coefficient (Wildman–Crippen LogP) is 5.26. The molecule has 0 bridgehead atoms. The maximum absolute atomic E-state index is 13.2. The van der Waals surface area contributed by atoms with Crippen LogP contribution >= 0.6 is 11.3 Å². The van der Waals surface area contributed by atoms with Gasteiger partial charge in [0.1, 0.15) is 5.56 Å². The second-order valence-corrected chi connectivity index (χ2v) is 10.9. The highest BCUT2D eigenvalue weighted by Crippen LogP contribution is 2.49. The summed E-state index contributed by atoms with van der Waals surface area (Å²) in [7, 11) is 1.62. The maximum atomic E-state index is 13.2. The number of thiophene rings is 1. The van der Waals surface area contributed by atoms with E-state index in [2.05, 4.69) is 19.9 Å². The number of carbonyl (C=O) groups excluding carboxylic acids is 1. The number of rotatable bonds is 5. The zero-order valence-corrected chi connectivity index (χ0v) is 20.3. The van der Waals surface area contributed by atoms with Crippen LogP contribution in [0.5, 0.6) is 5.75 Å². The standard InChI is InChI=1S/C26H29NO5S/c1-5-32-25(30)18-13-27(15-6-7-15)21-17(22(18)29)9-8-16(23(21)31-4)20-10-14-11-26(2,3)12-19(28)24(14)33-20/h8-10,13,15,19,28H,5-7,11-12H2,1-4H3. The van der Waals surface area contributed by atoms with E-state index in [9.17, 15) is 14.7 Å². The quantitative estimate of drug-likeness (QED) is 0.518. The lowest BCUT2D eigenvalue weighted by molar-refractivity contribution is 0.0524. The highest BCUT2D eigenvalue weighted by atomic mass is 32.1. The lowest BCUT2D eigenvalue weighted by Gasteiger charge is -2.32. The minimum absolute atomic E-state index is 0.0498. The molecule has 0 radical (unpaired) electrons. The van der Waals surface area contributed by atoms with Crippen molar-refractivity contribution in [2.45, 2.75) is 58.6 Å². The molecule has 3 aromatic rings. The Hall–Kier alpha value is -2.64. The third-order valence-corrected chi connectivity index (χ3v) is 7.92. The number of carbonyl (C=O) groups is 1. The number of ether oxygens (including phenoxy) is 2. The first-order valence-corrected chi connectivity index (χ1v) is 12.3. The van der Waals surface area contributed by atoms with Gasteiger partial charge in [-0.25, -0.2) is 4.79 Å². The fraction of sp³-hybridized carbons (Fsp3) is 0.462. The second-order valence-electron chi connectivity index (χ2n) is 9.83. The third-order valence-electron chi connectivity index (χ3n) is 6.61. The van der Waals surface area contributed by atoms with E-state index in [1.807, 2.05) is 10.6 Å². The summed E-state index contributed by atoms with van der Waals surface area (Å²) in [5.41, 5.74) is 2.55. The summed E-state index contributed by atoms with van der Waals surface area (Å²) in [6, 6.07) is 6.06. The highest BCUT2D eigenvalue weighted by molar-refractivity contribution is 7.15. The van der Waals surface area contributed by atoms with E-state index in [0.29, 0.717) is 16.7 Å². The van der Waals surface area contributed by atoms with Gasteiger partial charge in [-0.3, -0.25) is 4.79 Å². The van der Waals surface area contributed by atoms with Crippen LogP contribution in [0.2, 0.25) is 0 Å². The summed E-state index contributed by atoms with van der Waals surface area (Å²) in [5, 5.41) is 11.2. The molecule has 1 unspecified atom stereocenters. The van der Waals surface area contributed by atoms with Crippen molar-refractivity contribution in [2.24, 2.45) is 5.41 Å². The maximum Gasteiger partial charge on any atom is 0.343 e. The van der Waals surface area contributed by atoms with Gasteiger partial charge in [-0.15, -0.1) is 11.3 Å². The molecule has 174 valence electrons. The highest BCUT2D eigenvalue weighted by Gasteiger charge is 2.34. The molecule has 5 rings (SSSR count). The van der Waals surface area contributed by atoms with Crippen LogP contribution in [0.15, 0.2) is 29.2 Å². The van der Waals surface area contributed by atoms with Crippen molar-refractivity contribution in [1.82, 2.24) is 4.57 Å². The third kappa shape index (κ3) is 3.77. The minimum atomic E-state index is -0.593. The van der Waals surface area contributed by atoms with E-state index in [-0.39, 0.29) is 29.1 Å². The summed E-state index contributed by atoms with van der Waals surface area (Å²) in [4.78, 5) is 27.7. The normalized spacial score (nSPS) is 19.4. The largest absolute Gasteiger partial charge is 0.494 e. The lowest BCUT2D eigenvalue weighted by atomic mass is 9.76. The molecule has 7 heteroatoms. The topological polar surface area (TPSA) is 77.8 Å². The Morgan fingerprint density at radius 1 is 1.30 bits per heavy atom. The number of fused-ring (bicyclic) bond motifs is 2. The zero-order chi connectivity index (χ0) is 23.5. The monoisotopic (exact) mass is 467 g/mol. The molecule has 6 nitrogen and oxygen atoms in total. The van der Waals surface area contributed by atoms with Crippen molar-refractivity contribution < 1.29 is 19.4 Å². The van der Waals surface area contributed by atoms with Crippen LogP contribution in [-0.4, -0.2) is 29.4 Å². The SMILES string of the molecule is CCOC(=O)c1cn(C2CC2)c2c(OC)c(-c3cc4c(s3)C(O)CC(C)(C)C4)ccc2c1=O. The van der Waals surface area contributed by atoms with Crippen LogP contribution in [0.1, 0.15) is 73.0 Å². The van der Waals surface area contributed by atoms with Crippen LogP contribution in [0.25, 0.3) is 21.3 Å². The van der Waals surface area contributed by atoms with E-state index >= 15 is 0 Å². The Morgan fingerprint density at radius 3 is 2.73 bits per heavy atom. The van der Waals surface area contributed by atoms with E-state index in [4.69, 9.17) is 9.47 Å². The van der Waals surface area contributed by atoms with E-state index in [0.717, 1.165) is 41.0 Å². The number of aliphatic hydroxyl groups excluding tert-OH is 1. The molecule has 0 amide bonds. The van der Waals surface area contributed by atoms with Crippen molar-refractivity contribution in [1.29, 1.82) is 0 Å². The number of esters is 1. The smallest absolute Gasteiger partial charge is 0.343 e. The summed E-state index contributed by atoms with van der Waals surface area (Å²) in [5.74, 6) is 0.0311. The Labute approximate surface area is 196 Å². The van der Waals surface area contributed by atoms with Crippen LogP contribution < -0.4 is 10.2 Å². The molecule has 1 N–H and O–H groups in total. The number of benzene rings is 1. The number of aromatic nitrogens is 1. The summed E-state index contributed by atoms with van der Waals surface area (Å²) >= 11 is 1.59. The van der Waals surface area contributed by atoms with E-state index in [1.54, 1.807) is 37.6 Å². The van der Waals surface area contributed by atoms with Crippen LogP contribution in [0, 0.1) is 5.41 Å². The molecule has 1 fully saturated rings. The van der Waals surface area contributed by atoms with Crippen LogP contribution in [-0.2, 0) is 11.2 Å². The molecule has 1 aromatic carbocycles. The van der Waals surface area contributed by atoms with Crippen molar-refractivity contribution in [3.63, 3.8) is 0 Å². The van der Waals surface area contributed by atoms with Crippen LogP contribution in [0.4, 0.5) is 0 Å². The number of methoxy groups -OCH3 is 1. The van der Waals surface area contributed by atoms with Gasteiger partial charge in [-0.2, -0.15) is 0 Å². The molecular formula is C26H29NO5S. The molecule has 2 aliphatic rings. The molecule has 0 aliphatic heterocycles. The molecule has 2 heterocycles. The van der Waals surface area contributed by atoms with Crippen molar-refractivity contribution in [2.75, 3.05) is 13.7 Å². The van der Waals surface area contributed by atoms with Crippen LogP contribution in [0.3, 0.4) is 0 Å². The number of hydrogen-bond donors (Lipinski definition) is 1. The first-order valence-electron chi connectivity index (χ1n) is 11.5. The summed E-state index contributed by atoms with van der Waals surface area (Å²) in [6.45, 7) is 6.31. The zero-order valence-electron chi connectivity index (χ0n) is 19.4. The van der Waals surface area contributed by atoms with Gasteiger partial charge in [-0.05, 0) is 61.8 Å². The van der Waals surface area contributed by atoms with Gasteiger partial charge in [0.05, 0.1) is 30.7 Å². The molecule has 33 heavy (non-hydrogen) atoms. The van der Waals surface area contributed by atoms with E-state index < -0.39 is 12.1 Å². The molecule has 1 atom stereocenters. The number of hydrogen-bond acceptors (Lipinski definition) is 6. The predicted molar refractivity (Wildman–Crippen MR) is 129 cm³/mol. The molecule has 2 aliphatic carbocycles. The molecule has 0 saturated heterocycles. The Bertz CT molecular complexity index is 1310. The Morgan fingerprint density at radius 2 is 2.06 bits per heavy atom. The van der Waals surface area contributed by atoms with Gasteiger partial charge in [-0.1, -0.05) is 13.8 Å². The van der Waals surface area contributed by atoms with Gasteiger partial charge in [0.15, 0.2) is 5.75 Å². The number of nitrogens with zero attached hydrogens (tertiary/aromatic N) is 1. The lowest BCUT2D eigenvalue weighted by Crippen LogP contribution is -2.24. The summed E-state index contributed by atoms with van der Waals surface area (Å²) in [6.07, 6.45) is 4.81. The number of pyridine rings is 1. The van der Waals surface area contributed by atoms with Gasteiger partial charge in [0, 0.05) is 27.6 Å². The molecule has 0 spiro atoms. The fourth-order valence-corrected chi connectivity index (χ4v) is 6.20. The van der Waals surface area contributed by atoms with Gasteiger partial charge in [0.2, 0.25) is 5.43 Å². The Balaban J connectivity index is 1.72. The van der Waals surface area contributed by atoms with Crippen molar-refractivity contribution in [3.8, 4) is 16.2 Å². The average molecular weight is 468 g/mol. The van der Waals surface area contributed by atoms with Gasteiger partial charge >= 0.3 is 5.97 Å². The molecule has 2 aromatic heterocycles. The molecular weight excluding hydrogens is 438 g/mol. The first kappa shape index (κ1) is 22.2. The Kier molecular flexibility index (Phi) is 5.37. The summed E-state index contributed by atoms with van der Waals surface area (Å²) < 4.78 is 13.0. The fourth-order valence-electron chi connectivity index (χ4n) is 5.01. The average Bonchev–Trinajstić information content (AvgIpc) is 3.51. The van der Waals surface area contributed by atoms with Gasteiger partial charge in [0.25, 0.3) is 0 Å². The minimum Gasteiger partial charge on any atom is -0.494 e. The number of aliphatic hydroxyl groups is 1. The first-order chi connectivity index (χ1) is 15.7. The van der Waals surface area contributed by atoms with Crippen molar-refractivity contribution in [3.05, 3.63) is 50.6 Å².